The van der Waals surface area contributed by atoms with E-state index in [9.17, 15) is 0 Å². The Balaban J connectivity index is 0.000000223. The van der Waals surface area contributed by atoms with E-state index in [1.807, 2.05) is 12.2 Å². The molecule has 1 aliphatic rings. The van der Waals surface area contributed by atoms with Crippen LogP contribution >= 0.6 is 21.6 Å². The van der Waals surface area contributed by atoms with Gasteiger partial charge in [0.2, 0.25) is 0 Å². The van der Waals surface area contributed by atoms with Crippen LogP contribution in [-0.4, -0.2) is 27.8 Å². The zero-order chi connectivity index (χ0) is 9.78. The minimum absolute atomic E-state index is 0.299. The Labute approximate surface area is 86.9 Å². The fourth-order valence-corrected chi connectivity index (χ4v) is 1.63. The maximum atomic E-state index is 4.69. The highest BCUT2D eigenvalue weighted by molar-refractivity contribution is 8.79. The Hall–Kier alpha value is 0.0600. The highest BCUT2D eigenvalue weighted by Gasteiger charge is 1.78. The summed E-state index contributed by atoms with van der Waals surface area (Å²) in [5.74, 6) is 0. The molecule has 0 aromatic rings. The van der Waals surface area contributed by atoms with Crippen LogP contribution in [0.3, 0.4) is 0 Å². The molecule has 0 aromatic carbocycles. The van der Waals surface area contributed by atoms with Crippen molar-refractivity contribution in [2.75, 3.05) is 27.8 Å². The average molecular weight is 222 g/mol. The number of methoxy groups -OCH3 is 2. The lowest BCUT2D eigenvalue weighted by Gasteiger charge is -1.97. The molecule has 0 saturated heterocycles. The lowest BCUT2D eigenvalue weighted by atomic mass is 10.6. The largest absolute Gasteiger partial charge is 0.359 e. The quantitative estimate of drug-likeness (QED) is 0.414. The number of ether oxygens (including phenoxy) is 3. The van der Waals surface area contributed by atoms with Crippen LogP contribution in [0, 0.1) is 0 Å². The van der Waals surface area contributed by atoms with E-state index < -0.39 is 0 Å². The molecule has 0 saturated carbocycles. The van der Waals surface area contributed by atoms with Gasteiger partial charge in [-0.05, 0) is 10.8 Å². The predicted octanol–water partition coefficient (Wildman–Crippen LogP) is 2.62. The zero-order valence-corrected chi connectivity index (χ0v) is 9.40. The molecule has 0 bridgehead atoms. The third-order valence-corrected chi connectivity index (χ3v) is 2.48. The molecule has 0 amide bonds. The van der Waals surface area contributed by atoms with Gasteiger partial charge in [0.1, 0.15) is 13.6 Å². The summed E-state index contributed by atoms with van der Waals surface area (Å²) in [6.07, 6.45) is 4.06. The number of hydrogen-bond acceptors (Lipinski definition) is 5. The van der Waals surface area contributed by atoms with E-state index in [1.165, 1.54) is 0 Å². The van der Waals surface area contributed by atoms with Gasteiger partial charge in [-0.15, -0.1) is 0 Å². The van der Waals surface area contributed by atoms with Crippen LogP contribution in [0.5, 0.6) is 0 Å². The van der Waals surface area contributed by atoms with Gasteiger partial charge in [0, 0.05) is 14.2 Å². The van der Waals surface area contributed by atoms with Gasteiger partial charge in [0.25, 0.3) is 0 Å². The molecule has 0 unspecified atom stereocenters. The fourth-order valence-electron chi connectivity index (χ4n) is 0.420. The van der Waals surface area contributed by atoms with Crippen LogP contribution in [-0.2, 0) is 14.2 Å². The summed E-state index contributed by atoms with van der Waals surface area (Å²) in [7, 11) is 6.62. The Morgan fingerprint density at radius 3 is 1.62 bits per heavy atom. The van der Waals surface area contributed by atoms with Crippen molar-refractivity contribution >= 4 is 21.6 Å². The zero-order valence-electron chi connectivity index (χ0n) is 7.76. The second kappa shape index (κ2) is 12.1. The Kier molecular flexibility index (Phi) is 12.1. The minimum atomic E-state index is 0.299. The molecule has 0 atom stereocenters. The highest BCUT2D eigenvalue weighted by Crippen LogP contribution is 2.26. The topological polar surface area (TPSA) is 27.7 Å². The lowest BCUT2D eigenvalue weighted by Crippen LogP contribution is -1.98. The molecular weight excluding hydrogens is 208 g/mol. The molecule has 1 heterocycles. The van der Waals surface area contributed by atoms with Crippen molar-refractivity contribution in [2.24, 2.45) is 0 Å². The van der Waals surface area contributed by atoms with E-state index >= 15 is 0 Å². The molecule has 13 heavy (non-hydrogen) atoms. The van der Waals surface area contributed by atoms with Gasteiger partial charge in [-0.2, -0.15) is 0 Å². The molecule has 0 aromatic heterocycles. The summed E-state index contributed by atoms with van der Waals surface area (Å²) in [5, 5.41) is 4.12. The molecule has 0 N–H and O–H groups in total. The van der Waals surface area contributed by atoms with Gasteiger partial charge >= 0.3 is 0 Å². The summed E-state index contributed by atoms with van der Waals surface area (Å²) in [6, 6.07) is 0. The number of rotatable bonds is 4. The van der Waals surface area contributed by atoms with E-state index in [-0.39, 0.29) is 0 Å². The molecule has 3 nitrogen and oxygen atoms in total. The molecule has 0 spiro atoms. The summed E-state index contributed by atoms with van der Waals surface area (Å²) in [4.78, 5) is 0. The Morgan fingerprint density at radius 2 is 1.38 bits per heavy atom. The first kappa shape index (κ1) is 13.1. The van der Waals surface area contributed by atoms with Gasteiger partial charge < -0.3 is 14.2 Å². The van der Waals surface area contributed by atoms with Gasteiger partial charge in [-0.1, -0.05) is 33.7 Å². The van der Waals surface area contributed by atoms with Crippen molar-refractivity contribution in [3.8, 4) is 0 Å². The van der Waals surface area contributed by atoms with Gasteiger partial charge in [-0.3, -0.25) is 0 Å². The van der Waals surface area contributed by atoms with Crippen LogP contribution in [0.2, 0.25) is 0 Å². The van der Waals surface area contributed by atoms with E-state index in [2.05, 4.69) is 25.0 Å². The monoisotopic (exact) mass is 222 g/mol. The minimum Gasteiger partial charge on any atom is -0.359 e. The molecule has 5 heteroatoms. The second-order valence-electron chi connectivity index (χ2n) is 1.87. The Bertz CT molecular complexity index is 132. The van der Waals surface area contributed by atoms with Crippen molar-refractivity contribution in [1.29, 1.82) is 0 Å². The maximum absolute atomic E-state index is 4.69. The SMILES string of the molecule is C1=CSSC=C1.COCOCOC. The summed E-state index contributed by atoms with van der Waals surface area (Å²) < 4.78 is 13.8. The van der Waals surface area contributed by atoms with Crippen LogP contribution in [0.1, 0.15) is 0 Å². The van der Waals surface area contributed by atoms with E-state index in [4.69, 9.17) is 0 Å². The van der Waals surface area contributed by atoms with Crippen LogP contribution in [0.15, 0.2) is 23.0 Å². The fraction of sp³-hybridized carbons (Fsp3) is 0.500. The highest BCUT2D eigenvalue weighted by atomic mass is 33.1. The van der Waals surface area contributed by atoms with Crippen molar-refractivity contribution in [3.63, 3.8) is 0 Å². The third kappa shape index (κ3) is 12.1. The Morgan fingerprint density at radius 1 is 0.923 bits per heavy atom. The molecular formula is C8H14O3S2. The van der Waals surface area contributed by atoms with Crippen LogP contribution in [0.4, 0.5) is 0 Å². The second-order valence-corrected chi connectivity index (χ2v) is 3.95. The predicted molar refractivity (Wildman–Crippen MR) is 58.3 cm³/mol. The standard InChI is InChI=1S/C4H10O3.C4H4S2/c1-5-3-7-4-6-2;1-2-4-6-5-3-1/h3-4H2,1-2H3;1-4H. The molecule has 0 radical (unpaired) electrons. The van der Waals surface area contributed by atoms with Crippen molar-refractivity contribution in [3.05, 3.63) is 23.0 Å². The molecule has 1 aliphatic heterocycles. The first-order valence-electron chi connectivity index (χ1n) is 3.61. The van der Waals surface area contributed by atoms with Crippen molar-refractivity contribution in [2.45, 2.75) is 0 Å². The maximum Gasteiger partial charge on any atom is 0.149 e. The molecule has 0 fully saturated rings. The molecule has 0 aliphatic carbocycles. The van der Waals surface area contributed by atoms with Crippen molar-refractivity contribution < 1.29 is 14.2 Å². The smallest absolute Gasteiger partial charge is 0.149 e. The first-order valence-corrected chi connectivity index (χ1v) is 5.89. The molecule has 76 valence electrons. The van der Waals surface area contributed by atoms with Gasteiger partial charge in [0.15, 0.2) is 0 Å². The molecule has 1 rings (SSSR count). The average Bonchev–Trinajstić information content (AvgIpc) is 2.22. The normalized spacial score (nSPS) is 13.7. The van der Waals surface area contributed by atoms with E-state index in [0.717, 1.165) is 0 Å². The van der Waals surface area contributed by atoms with E-state index in [0.29, 0.717) is 13.6 Å². The summed E-state index contributed by atoms with van der Waals surface area (Å²) >= 11 is 0. The van der Waals surface area contributed by atoms with Crippen LogP contribution in [0.25, 0.3) is 0 Å². The number of hydrogen-bond donors (Lipinski definition) is 0. The lowest BCUT2D eigenvalue weighted by molar-refractivity contribution is -0.107. The van der Waals surface area contributed by atoms with Gasteiger partial charge in [0.05, 0.1) is 0 Å². The summed E-state index contributed by atoms with van der Waals surface area (Å²) in [5.41, 5.74) is 0. The van der Waals surface area contributed by atoms with E-state index in [1.54, 1.807) is 35.8 Å². The van der Waals surface area contributed by atoms with Gasteiger partial charge in [-0.25, -0.2) is 0 Å². The van der Waals surface area contributed by atoms with Crippen LogP contribution < -0.4 is 0 Å². The third-order valence-electron chi connectivity index (χ3n) is 0.837. The van der Waals surface area contributed by atoms with Crippen molar-refractivity contribution in [1.82, 2.24) is 0 Å². The summed E-state index contributed by atoms with van der Waals surface area (Å²) in [6.45, 7) is 0.599. The first-order chi connectivity index (χ1) is 6.41. The number of allylic oxidation sites excluding steroid dienone is 2.